The van der Waals surface area contributed by atoms with Crippen molar-refractivity contribution in [2.24, 2.45) is 5.14 Å². The number of aromatic nitrogens is 3. The standard InChI is InChI=1S/C20H10F6N4O2S2/c21-19(22,23)12-3-1-11(2-4-12)15-9-16(20(24,25)26)30-10-28-14(18(30)29-15)7-5-13-6-8-17(33-13)34(27,31)32/h1-4,6,8-10H,(H2,27,31,32). The number of nitrogens with two attached hydrogens (primary N) is 1. The molecule has 0 saturated carbocycles. The van der Waals surface area contributed by atoms with Gasteiger partial charge in [-0.15, -0.1) is 11.3 Å². The van der Waals surface area contributed by atoms with Gasteiger partial charge in [0.15, 0.2) is 11.3 Å². The van der Waals surface area contributed by atoms with Gasteiger partial charge in [0.1, 0.15) is 16.2 Å². The second-order valence-corrected chi connectivity index (χ2v) is 9.67. The number of imidazole rings is 1. The first-order valence-corrected chi connectivity index (χ1v) is 11.4. The maximum Gasteiger partial charge on any atom is 0.431 e. The first-order chi connectivity index (χ1) is 15.7. The van der Waals surface area contributed by atoms with Crippen molar-refractivity contribution in [2.75, 3.05) is 0 Å². The Hall–Kier alpha value is -3.41. The fourth-order valence-corrected chi connectivity index (χ4v) is 4.50. The molecule has 0 radical (unpaired) electrons. The van der Waals surface area contributed by atoms with Gasteiger partial charge in [-0.3, -0.25) is 4.40 Å². The molecular weight excluding hydrogens is 506 g/mol. The lowest BCUT2D eigenvalue weighted by Gasteiger charge is -2.12. The molecule has 0 aliphatic heterocycles. The van der Waals surface area contributed by atoms with E-state index >= 15 is 0 Å². The Balaban J connectivity index is 1.83. The Labute approximate surface area is 191 Å². The minimum Gasteiger partial charge on any atom is -0.278 e. The molecule has 0 amide bonds. The minimum absolute atomic E-state index is 0.0251. The SMILES string of the molecule is NS(=O)(=O)c1ccc(C#Cc2ncn3c(C(F)(F)F)cc(-c4ccc(C(F)(F)F)cc4)nc23)s1. The smallest absolute Gasteiger partial charge is 0.278 e. The van der Waals surface area contributed by atoms with Crippen LogP contribution in [0.25, 0.3) is 16.9 Å². The Morgan fingerprint density at radius 1 is 0.941 bits per heavy atom. The number of alkyl halides is 6. The van der Waals surface area contributed by atoms with Gasteiger partial charge in [-0.25, -0.2) is 23.5 Å². The van der Waals surface area contributed by atoms with E-state index in [9.17, 15) is 34.8 Å². The molecule has 34 heavy (non-hydrogen) atoms. The van der Waals surface area contributed by atoms with Crippen LogP contribution in [-0.2, 0) is 22.4 Å². The number of halogens is 6. The molecule has 3 aromatic heterocycles. The lowest BCUT2D eigenvalue weighted by molar-refractivity contribution is -0.142. The van der Waals surface area contributed by atoms with E-state index in [1.807, 2.05) is 0 Å². The number of sulfonamides is 1. The van der Waals surface area contributed by atoms with Crippen LogP contribution >= 0.6 is 11.3 Å². The monoisotopic (exact) mass is 516 g/mol. The van der Waals surface area contributed by atoms with Crippen LogP contribution in [0, 0.1) is 11.8 Å². The van der Waals surface area contributed by atoms with E-state index < -0.39 is 33.6 Å². The molecule has 3 heterocycles. The molecule has 0 unspecified atom stereocenters. The molecule has 0 atom stereocenters. The Morgan fingerprint density at radius 3 is 2.18 bits per heavy atom. The van der Waals surface area contributed by atoms with E-state index in [4.69, 9.17) is 5.14 Å². The van der Waals surface area contributed by atoms with Crippen LogP contribution in [0.2, 0.25) is 0 Å². The van der Waals surface area contributed by atoms with Crippen molar-refractivity contribution >= 4 is 27.0 Å². The van der Waals surface area contributed by atoms with Crippen LogP contribution in [0.5, 0.6) is 0 Å². The zero-order valence-corrected chi connectivity index (χ0v) is 18.1. The van der Waals surface area contributed by atoms with Gasteiger partial charge >= 0.3 is 12.4 Å². The van der Waals surface area contributed by atoms with Gasteiger partial charge in [0.2, 0.25) is 10.0 Å². The van der Waals surface area contributed by atoms with Crippen LogP contribution in [0.1, 0.15) is 21.8 Å². The summed E-state index contributed by atoms with van der Waals surface area (Å²) in [7, 11) is -3.94. The molecule has 14 heteroatoms. The molecule has 6 nitrogen and oxygen atoms in total. The predicted molar refractivity (Wildman–Crippen MR) is 110 cm³/mol. The molecule has 2 N–H and O–H groups in total. The molecular formula is C20H10F6N4O2S2. The number of hydrogen-bond acceptors (Lipinski definition) is 5. The maximum absolute atomic E-state index is 13.7. The first-order valence-electron chi connectivity index (χ1n) is 9.01. The van der Waals surface area contributed by atoms with Gasteiger partial charge in [-0.2, -0.15) is 26.3 Å². The molecule has 0 spiro atoms. The zero-order valence-electron chi connectivity index (χ0n) is 16.4. The fraction of sp³-hybridized carbons (Fsp3) is 0.100. The van der Waals surface area contributed by atoms with Crippen molar-refractivity contribution in [3.05, 3.63) is 70.6 Å². The van der Waals surface area contributed by atoms with Gasteiger partial charge in [0.25, 0.3) is 0 Å². The topological polar surface area (TPSA) is 90.4 Å². The van der Waals surface area contributed by atoms with Crippen LogP contribution in [0.3, 0.4) is 0 Å². The van der Waals surface area contributed by atoms with Crippen molar-refractivity contribution in [3.8, 4) is 23.1 Å². The van der Waals surface area contributed by atoms with Gasteiger partial charge in [0.05, 0.1) is 16.1 Å². The van der Waals surface area contributed by atoms with Crippen molar-refractivity contribution in [1.29, 1.82) is 0 Å². The Kier molecular flexibility index (Phi) is 5.67. The van der Waals surface area contributed by atoms with Crippen molar-refractivity contribution in [1.82, 2.24) is 14.4 Å². The summed E-state index contributed by atoms with van der Waals surface area (Å²) in [4.78, 5) is 8.26. The molecule has 176 valence electrons. The highest BCUT2D eigenvalue weighted by Crippen LogP contribution is 2.34. The number of hydrogen-bond donors (Lipinski definition) is 1. The second kappa shape index (κ2) is 8.12. The highest BCUT2D eigenvalue weighted by atomic mass is 32.2. The number of primary sulfonamides is 1. The summed E-state index contributed by atoms with van der Waals surface area (Å²) in [6.45, 7) is 0. The fourth-order valence-electron chi connectivity index (χ4n) is 2.92. The van der Waals surface area contributed by atoms with E-state index in [1.54, 1.807) is 0 Å². The van der Waals surface area contributed by atoms with Crippen LogP contribution in [0.4, 0.5) is 26.3 Å². The summed E-state index contributed by atoms with van der Waals surface area (Å²) < 4.78 is 103. The summed E-state index contributed by atoms with van der Waals surface area (Å²) in [6.07, 6.45) is -8.56. The van der Waals surface area contributed by atoms with Crippen molar-refractivity contribution in [3.63, 3.8) is 0 Å². The molecule has 0 fully saturated rings. The predicted octanol–water partition coefficient (Wildman–Crippen LogP) is 4.54. The van der Waals surface area contributed by atoms with Gasteiger partial charge < -0.3 is 0 Å². The van der Waals surface area contributed by atoms with Gasteiger partial charge in [-0.1, -0.05) is 12.1 Å². The molecule has 0 aliphatic carbocycles. The third-order valence-electron chi connectivity index (χ3n) is 4.47. The molecule has 4 rings (SSSR count). The lowest BCUT2D eigenvalue weighted by Crippen LogP contribution is -2.12. The number of thiophene rings is 1. The van der Waals surface area contributed by atoms with E-state index in [2.05, 4.69) is 21.8 Å². The van der Waals surface area contributed by atoms with Crippen LogP contribution < -0.4 is 5.14 Å². The van der Waals surface area contributed by atoms with Crippen LogP contribution in [0.15, 0.2) is 53.0 Å². The third kappa shape index (κ3) is 4.76. The van der Waals surface area contributed by atoms with Gasteiger partial charge in [0, 0.05) is 5.56 Å². The molecule has 0 aliphatic rings. The summed E-state index contributed by atoms with van der Waals surface area (Å²) >= 11 is 0.764. The second-order valence-electron chi connectivity index (χ2n) is 6.80. The first kappa shape index (κ1) is 23.7. The number of benzene rings is 1. The summed E-state index contributed by atoms with van der Waals surface area (Å²) in [6, 6.07) is 6.83. The Morgan fingerprint density at radius 2 is 1.62 bits per heavy atom. The van der Waals surface area contributed by atoms with Crippen molar-refractivity contribution < 1.29 is 34.8 Å². The van der Waals surface area contributed by atoms with Crippen LogP contribution in [-0.4, -0.2) is 22.8 Å². The third-order valence-corrected chi connectivity index (χ3v) is 6.91. The highest BCUT2D eigenvalue weighted by molar-refractivity contribution is 7.91. The highest BCUT2D eigenvalue weighted by Gasteiger charge is 2.35. The van der Waals surface area contributed by atoms with Gasteiger partial charge in [-0.05, 0) is 42.2 Å². The average molecular weight is 516 g/mol. The summed E-state index contributed by atoms with van der Waals surface area (Å²) in [5, 5.41) is 5.04. The minimum atomic E-state index is -4.83. The quantitative estimate of drug-likeness (QED) is 0.313. The maximum atomic E-state index is 13.7. The van der Waals surface area contributed by atoms with E-state index in [0.29, 0.717) is 10.5 Å². The zero-order chi connectivity index (χ0) is 24.9. The average Bonchev–Trinajstić information content (AvgIpc) is 3.37. The molecule has 0 bridgehead atoms. The number of rotatable bonds is 2. The molecule has 4 aromatic rings. The van der Waals surface area contributed by atoms with Crippen molar-refractivity contribution in [2.45, 2.75) is 16.6 Å². The van der Waals surface area contributed by atoms with E-state index in [1.165, 1.54) is 12.1 Å². The normalized spacial score (nSPS) is 12.6. The summed E-state index contributed by atoms with van der Waals surface area (Å²) in [5.41, 5.74) is -2.74. The van der Waals surface area contributed by atoms with E-state index in [-0.39, 0.29) is 31.7 Å². The lowest BCUT2D eigenvalue weighted by atomic mass is 10.1. The molecule has 1 aromatic carbocycles. The largest absolute Gasteiger partial charge is 0.431 e. The number of nitrogens with zero attached hydrogens (tertiary/aromatic N) is 3. The molecule has 0 saturated heterocycles. The number of fused-ring (bicyclic) bond motifs is 1. The summed E-state index contributed by atoms with van der Waals surface area (Å²) in [5.74, 6) is 5.15. The van der Waals surface area contributed by atoms with E-state index in [0.717, 1.165) is 41.9 Å². The Bertz CT molecular complexity index is 1560.